The van der Waals surface area contributed by atoms with Crippen molar-refractivity contribution in [2.75, 3.05) is 17.7 Å². The van der Waals surface area contributed by atoms with Gasteiger partial charge < -0.3 is 14.6 Å². The second kappa shape index (κ2) is 10.4. The summed E-state index contributed by atoms with van der Waals surface area (Å²) in [7, 11) is 0. The quantitative estimate of drug-likeness (QED) is 0.354. The highest BCUT2D eigenvalue weighted by Gasteiger charge is 2.20. The molecule has 166 valence electrons. The number of esters is 1. The average molecular weight is 480 g/mol. The molecule has 0 aliphatic carbocycles. The molecule has 0 unspecified atom stereocenters. The number of nitrogens with zero attached hydrogens (tertiary/aromatic N) is 4. The monoisotopic (exact) mass is 479 g/mol. The van der Waals surface area contributed by atoms with Crippen LogP contribution in [-0.4, -0.2) is 44.0 Å². The third kappa shape index (κ3) is 5.16. The number of thiophene rings is 1. The van der Waals surface area contributed by atoms with E-state index in [1.807, 2.05) is 11.5 Å². The number of nitrogens with one attached hydrogen (secondary N) is 1. The number of rotatable bonds is 9. The summed E-state index contributed by atoms with van der Waals surface area (Å²) in [4.78, 5) is 30.3. The van der Waals surface area contributed by atoms with Gasteiger partial charge in [0.2, 0.25) is 5.91 Å². The standard InChI is InChI=1S/C20H25N5O3S3/c1-6-13-12(5)29-9-14(13)17-23-24-20(25(17)7-2)30-10-15(26)22-19-21-11(4)16(31-19)18(27)28-8-3/h9H,6-8,10H2,1-5H3,(H,21,22,26). The summed E-state index contributed by atoms with van der Waals surface area (Å²) < 4.78 is 7.04. The van der Waals surface area contributed by atoms with Crippen LogP contribution in [0.15, 0.2) is 10.5 Å². The van der Waals surface area contributed by atoms with Gasteiger partial charge in [0, 0.05) is 22.4 Å². The molecule has 1 amide bonds. The summed E-state index contributed by atoms with van der Waals surface area (Å²) in [6.07, 6.45) is 0.938. The molecule has 0 saturated carbocycles. The van der Waals surface area contributed by atoms with Crippen LogP contribution in [0.3, 0.4) is 0 Å². The molecule has 0 atom stereocenters. The zero-order valence-electron chi connectivity index (χ0n) is 18.1. The molecular weight excluding hydrogens is 454 g/mol. The molecular formula is C20H25N5O3S3. The molecule has 0 saturated heterocycles. The van der Waals surface area contributed by atoms with Gasteiger partial charge in [-0.25, -0.2) is 9.78 Å². The Hall–Kier alpha value is -2.24. The summed E-state index contributed by atoms with van der Waals surface area (Å²) in [5.41, 5.74) is 2.94. The molecule has 3 rings (SSSR count). The molecule has 31 heavy (non-hydrogen) atoms. The van der Waals surface area contributed by atoms with E-state index < -0.39 is 5.97 Å². The number of carbonyl (C=O) groups is 2. The number of ether oxygens (including phenoxy) is 1. The maximum absolute atomic E-state index is 12.4. The minimum absolute atomic E-state index is 0.162. The molecule has 1 N–H and O–H groups in total. The fourth-order valence-corrected chi connectivity index (χ4v) is 5.72. The van der Waals surface area contributed by atoms with Crippen LogP contribution in [0.5, 0.6) is 0 Å². The first-order valence-corrected chi connectivity index (χ1v) is 12.6. The Morgan fingerprint density at radius 1 is 1.23 bits per heavy atom. The van der Waals surface area contributed by atoms with E-state index in [1.54, 1.807) is 25.2 Å². The number of anilines is 1. The second-order valence-electron chi connectivity index (χ2n) is 6.58. The van der Waals surface area contributed by atoms with E-state index in [1.165, 1.54) is 22.2 Å². The Labute approximate surface area is 193 Å². The van der Waals surface area contributed by atoms with Gasteiger partial charge in [-0.3, -0.25) is 4.79 Å². The molecule has 3 aromatic heterocycles. The molecule has 0 spiro atoms. The van der Waals surface area contributed by atoms with Gasteiger partial charge in [-0.1, -0.05) is 30.0 Å². The van der Waals surface area contributed by atoms with Crippen LogP contribution in [0.4, 0.5) is 5.13 Å². The van der Waals surface area contributed by atoms with E-state index >= 15 is 0 Å². The van der Waals surface area contributed by atoms with E-state index in [0.29, 0.717) is 34.0 Å². The van der Waals surface area contributed by atoms with Gasteiger partial charge in [0.1, 0.15) is 4.88 Å². The number of thioether (sulfide) groups is 1. The first-order chi connectivity index (χ1) is 14.9. The molecule has 0 fully saturated rings. The van der Waals surface area contributed by atoms with E-state index in [4.69, 9.17) is 4.74 Å². The predicted molar refractivity (Wildman–Crippen MR) is 125 cm³/mol. The highest BCUT2D eigenvalue weighted by atomic mass is 32.2. The van der Waals surface area contributed by atoms with Gasteiger partial charge in [-0.05, 0) is 39.7 Å². The van der Waals surface area contributed by atoms with Crippen LogP contribution in [0.25, 0.3) is 11.4 Å². The lowest BCUT2D eigenvalue weighted by Gasteiger charge is -2.08. The minimum Gasteiger partial charge on any atom is -0.462 e. The number of hydrogen-bond donors (Lipinski definition) is 1. The lowest BCUT2D eigenvalue weighted by atomic mass is 10.1. The molecule has 3 aromatic rings. The smallest absolute Gasteiger partial charge is 0.350 e. The number of aryl methyl sites for hydroxylation is 2. The number of amides is 1. The fourth-order valence-electron chi connectivity index (χ4n) is 3.11. The van der Waals surface area contributed by atoms with Crippen molar-refractivity contribution in [3.05, 3.63) is 26.4 Å². The van der Waals surface area contributed by atoms with Crippen LogP contribution in [0, 0.1) is 13.8 Å². The Bertz CT molecular complexity index is 1090. The van der Waals surface area contributed by atoms with Gasteiger partial charge in [-0.2, -0.15) is 0 Å². The third-order valence-electron chi connectivity index (χ3n) is 4.57. The number of thiazole rings is 1. The maximum atomic E-state index is 12.4. The molecule has 0 radical (unpaired) electrons. The van der Waals surface area contributed by atoms with E-state index in [-0.39, 0.29) is 11.7 Å². The molecule has 8 nitrogen and oxygen atoms in total. The van der Waals surface area contributed by atoms with Crippen LogP contribution < -0.4 is 5.32 Å². The average Bonchev–Trinajstić information content (AvgIpc) is 3.42. The lowest BCUT2D eigenvalue weighted by molar-refractivity contribution is -0.113. The van der Waals surface area contributed by atoms with Crippen molar-refractivity contribution in [2.24, 2.45) is 0 Å². The van der Waals surface area contributed by atoms with Crippen LogP contribution in [0.1, 0.15) is 46.6 Å². The molecule has 0 aliphatic heterocycles. The lowest BCUT2D eigenvalue weighted by Crippen LogP contribution is -2.14. The van der Waals surface area contributed by atoms with Crippen molar-refractivity contribution in [1.82, 2.24) is 19.7 Å². The van der Waals surface area contributed by atoms with Gasteiger partial charge in [0.25, 0.3) is 0 Å². The number of hydrogen-bond acceptors (Lipinski definition) is 9. The number of carbonyl (C=O) groups excluding carboxylic acids is 2. The van der Waals surface area contributed by atoms with Crippen molar-refractivity contribution in [3.8, 4) is 11.4 Å². The van der Waals surface area contributed by atoms with Crippen molar-refractivity contribution in [2.45, 2.75) is 52.7 Å². The van der Waals surface area contributed by atoms with Crippen LogP contribution in [0.2, 0.25) is 0 Å². The Balaban J connectivity index is 1.68. The summed E-state index contributed by atoms with van der Waals surface area (Å²) >= 11 is 4.16. The first-order valence-electron chi connectivity index (χ1n) is 9.97. The molecule has 0 aromatic carbocycles. The van der Waals surface area contributed by atoms with Crippen molar-refractivity contribution in [1.29, 1.82) is 0 Å². The highest BCUT2D eigenvalue weighted by molar-refractivity contribution is 7.99. The van der Waals surface area contributed by atoms with Gasteiger partial charge >= 0.3 is 5.97 Å². The molecule has 0 bridgehead atoms. The van der Waals surface area contributed by atoms with Gasteiger partial charge in [-0.15, -0.1) is 21.5 Å². The summed E-state index contributed by atoms with van der Waals surface area (Å²) in [6.45, 7) is 10.8. The normalized spacial score (nSPS) is 11.0. The summed E-state index contributed by atoms with van der Waals surface area (Å²) in [5.74, 6) is 0.351. The number of aromatic nitrogens is 4. The van der Waals surface area contributed by atoms with Crippen molar-refractivity contribution < 1.29 is 14.3 Å². The zero-order valence-corrected chi connectivity index (χ0v) is 20.6. The fraction of sp³-hybridized carbons (Fsp3) is 0.450. The van der Waals surface area contributed by atoms with E-state index in [0.717, 1.165) is 29.1 Å². The third-order valence-corrected chi connectivity index (χ3v) is 7.54. The van der Waals surface area contributed by atoms with E-state index in [2.05, 4.69) is 39.7 Å². The maximum Gasteiger partial charge on any atom is 0.350 e. The second-order valence-corrected chi connectivity index (χ2v) is 9.60. The topological polar surface area (TPSA) is 99.0 Å². The Morgan fingerprint density at radius 3 is 2.68 bits per heavy atom. The Morgan fingerprint density at radius 2 is 2.00 bits per heavy atom. The van der Waals surface area contributed by atoms with Crippen LogP contribution in [-0.2, 0) is 22.5 Å². The first kappa shape index (κ1) is 23.4. The minimum atomic E-state index is -0.425. The van der Waals surface area contributed by atoms with Gasteiger partial charge in [0.15, 0.2) is 16.1 Å². The highest BCUT2D eigenvalue weighted by Crippen LogP contribution is 2.32. The zero-order chi connectivity index (χ0) is 22.5. The van der Waals surface area contributed by atoms with Crippen molar-refractivity contribution in [3.63, 3.8) is 0 Å². The van der Waals surface area contributed by atoms with E-state index in [9.17, 15) is 9.59 Å². The molecule has 3 heterocycles. The molecule has 0 aliphatic rings. The van der Waals surface area contributed by atoms with Crippen LogP contribution >= 0.6 is 34.4 Å². The SMILES string of the molecule is CCOC(=O)c1sc(NC(=O)CSc2nnc(-c3csc(C)c3CC)n2CC)nc1C. The predicted octanol–water partition coefficient (Wildman–Crippen LogP) is 4.57. The van der Waals surface area contributed by atoms with Gasteiger partial charge in [0.05, 0.1) is 18.1 Å². The largest absolute Gasteiger partial charge is 0.462 e. The summed E-state index contributed by atoms with van der Waals surface area (Å²) in [5, 5.41) is 14.7. The molecule has 11 heteroatoms. The van der Waals surface area contributed by atoms with Crippen molar-refractivity contribution >= 4 is 51.4 Å². The Kier molecular flexibility index (Phi) is 7.84. The summed E-state index contributed by atoms with van der Waals surface area (Å²) in [6, 6.07) is 0.